The van der Waals surface area contributed by atoms with E-state index < -0.39 is 6.10 Å². The van der Waals surface area contributed by atoms with E-state index in [4.69, 9.17) is 18.9 Å². The Morgan fingerprint density at radius 3 is 2.12 bits per heavy atom. The van der Waals surface area contributed by atoms with Gasteiger partial charge in [0.2, 0.25) is 5.75 Å². The van der Waals surface area contributed by atoms with Gasteiger partial charge in [-0.15, -0.1) is 0 Å². The minimum atomic E-state index is -0.627. The fraction of sp³-hybridized carbons (Fsp3) is 0.316. The number of amides is 1. The molecular formula is C19H22BrNO5. The van der Waals surface area contributed by atoms with Crippen LogP contribution in [0.5, 0.6) is 23.0 Å². The summed E-state index contributed by atoms with van der Waals surface area (Å²) >= 11 is 3.36. The van der Waals surface area contributed by atoms with E-state index in [0.29, 0.717) is 29.5 Å². The summed E-state index contributed by atoms with van der Waals surface area (Å²) in [7, 11) is 4.64. The van der Waals surface area contributed by atoms with Crippen LogP contribution in [0.2, 0.25) is 0 Å². The van der Waals surface area contributed by atoms with E-state index in [-0.39, 0.29) is 5.91 Å². The van der Waals surface area contributed by atoms with E-state index in [1.807, 2.05) is 12.1 Å². The number of carbonyl (C=O) groups excluding carboxylic acids is 1. The largest absolute Gasteiger partial charge is 0.493 e. The lowest BCUT2D eigenvalue weighted by atomic mass is 10.1. The van der Waals surface area contributed by atoms with Crippen molar-refractivity contribution in [3.05, 3.63) is 46.4 Å². The molecular weight excluding hydrogens is 402 g/mol. The average molecular weight is 424 g/mol. The van der Waals surface area contributed by atoms with Crippen molar-refractivity contribution in [2.75, 3.05) is 21.3 Å². The minimum absolute atomic E-state index is 0.221. The predicted molar refractivity (Wildman–Crippen MR) is 102 cm³/mol. The molecule has 2 rings (SSSR count). The molecule has 0 fully saturated rings. The number of rotatable bonds is 8. The monoisotopic (exact) mass is 423 g/mol. The zero-order valence-electron chi connectivity index (χ0n) is 15.2. The number of nitrogens with one attached hydrogen (secondary N) is 1. The Hall–Kier alpha value is -2.41. The van der Waals surface area contributed by atoms with Crippen LogP contribution in [0.15, 0.2) is 40.9 Å². The molecule has 0 aliphatic rings. The Bertz CT molecular complexity index is 723. The van der Waals surface area contributed by atoms with Crippen molar-refractivity contribution in [1.82, 2.24) is 5.32 Å². The maximum Gasteiger partial charge on any atom is 0.261 e. The fourth-order valence-corrected chi connectivity index (χ4v) is 2.61. The molecule has 0 radical (unpaired) electrons. The summed E-state index contributed by atoms with van der Waals surface area (Å²) in [5.74, 6) is 1.99. The second-order valence-electron chi connectivity index (χ2n) is 5.47. The van der Waals surface area contributed by atoms with Crippen molar-refractivity contribution in [3.63, 3.8) is 0 Å². The molecule has 0 aromatic heterocycles. The van der Waals surface area contributed by atoms with Crippen molar-refractivity contribution in [1.29, 1.82) is 0 Å². The van der Waals surface area contributed by atoms with Crippen molar-refractivity contribution >= 4 is 21.8 Å². The number of carbonyl (C=O) groups is 1. The smallest absolute Gasteiger partial charge is 0.261 e. The molecule has 1 amide bonds. The first-order chi connectivity index (χ1) is 12.5. The van der Waals surface area contributed by atoms with Gasteiger partial charge < -0.3 is 24.3 Å². The molecule has 0 heterocycles. The lowest BCUT2D eigenvalue weighted by Crippen LogP contribution is -2.35. The zero-order chi connectivity index (χ0) is 19.1. The lowest BCUT2D eigenvalue weighted by Gasteiger charge is -2.16. The SMILES string of the molecule is COc1cc(CNC(=O)C(C)Oc2ccc(Br)cc2)cc(OC)c1OC. The molecule has 0 bridgehead atoms. The first-order valence-electron chi connectivity index (χ1n) is 7.97. The summed E-state index contributed by atoms with van der Waals surface area (Å²) in [6, 6.07) is 10.9. The molecule has 0 aliphatic carbocycles. The Morgan fingerprint density at radius 1 is 1.04 bits per heavy atom. The number of benzene rings is 2. The highest BCUT2D eigenvalue weighted by Gasteiger charge is 2.16. The zero-order valence-corrected chi connectivity index (χ0v) is 16.8. The van der Waals surface area contributed by atoms with Crippen LogP contribution in [-0.2, 0) is 11.3 Å². The summed E-state index contributed by atoms with van der Waals surface area (Å²) in [6.07, 6.45) is -0.627. The van der Waals surface area contributed by atoms with E-state index in [1.54, 1.807) is 52.5 Å². The summed E-state index contributed by atoms with van der Waals surface area (Å²) in [4.78, 5) is 12.3. The van der Waals surface area contributed by atoms with E-state index in [1.165, 1.54) is 0 Å². The second kappa shape index (κ2) is 9.33. The lowest BCUT2D eigenvalue weighted by molar-refractivity contribution is -0.127. The second-order valence-corrected chi connectivity index (χ2v) is 6.38. The van der Waals surface area contributed by atoms with Gasteiger partial charge in [0.15, 0.2) is 17.6 Å². The topological polar surface area (TPSA) is 66.0 Å². The highest BCUT2D eigenvalue weighted by molar-refractivity contribution is 9.10. The molecule has 1 atom stereocenters. The van der Waals surface area contributed by atoms with Crippen molar-refractivity contribution in [3.8, 4) is 23.0 Å². The van der Waals surface area contributed by atoms with Crippen LogP contribution in [0.4, 0.5) is 0 Å². The molecule has 26 heavy (non-hydrogen) atoms. The maximum absolute atomic E-state index is 12.3. The summed E-state index contributed by atoms with van der Waals surface area (Å²) < 4.78 is 22.5. The Balaban J connectivity index is 2.00. The van der Waals surface area contributed by atoms with Crippen molar-refractivity contribution in [2.45, 2.75) is 19.6 Å². The average Bonchev–Trinajstić information content (AvgIpc) is 2.66. The van der Waals surface area contributed by atoms with Gasteiger partial charge in [-0.25, -0.2) is 0 Å². The maximum atomic E-state index is 12.3. The van der Waals surface area contributed by atoms with Gasteiger partial charge in [-0.1, -0.05) is 15.9 Å². The minimum Gasteiger partial charge on any atom is -0.493 e. The quantitative estimate of drug-likeness (QED) is 0.702. The Kier molecular flexibility index (Phi) is 7.15. The summed E-state index contributed by atoms with van der Waals surface area (Å²) in [5, 5.41) is 2.85. The van der Waals surface area contributed by atoms with Gasteiger partial charge >= 0.3 is 0 Å². The van der Waals surface area contributed by atoms with E-state index in [0.717, 1.165) is 10.0 Å². The Labute approximate surface area is 161 Å². The standard InChI is InChI=1S/C19H22BrNO5/c1-12(26-15-7-5-14(20)6-8-15)19(22)21-11-13-9-16(23-2)18(25-4)17(10-13)24-3/h5-10,12H,11H2,1-4H3,(H,21,22). The Morgan fingerprint density at radius 2 is 1.62 bits per heavy atom. The normalized spacial score (nSPS) is 11.4. The number of hydrogen-bond donors (Lipinski definition) is 1. The van der Waals surface area contributed by atoms with Crippen LogP contribution >= 0.6 is 15.9 Å². The van der Waals surface area contributed by atoms with Crippen LogP contribution in [0, 0.1) is 0 Å². The fourth-order valence-electron chi connectivity index (χ4n) is 2.34. The molecule has 1 N–H and O–H groups in total. The summed E-state index contributed by atoms with van der Waals surface area (Å²) in [5.41, 5.74) is 0.823. The van der Waals surface area contributed by atoms with Gasteiger partial charge in [0.1, 0.15) is 5.75 Å². The molecule has 0 aliphatic heterocycles. The van der Waals surface area contributed by atoms with Gasteiger partial charge in [0.25, 0.3) is 5.91 Å². The molecule has 0 spiro atoms. The number of hydrogen-bond acceptors (Lipinski definition) is 5. The molecule has 2 aromatic carbocycles. The number of halogens is 1. The van der Waals surface area contributed by atoms with Crippen LogP contribution in [0.3, 0.4) is 0 Å². The van der Waals surface area contributed by atoms with Crippen LogP contribution in [0.25, 0.3) is 0 Å². The molecule has 7 heteroatoms. The highest BCUT2D eigenvalue weighted by Crippen LogP contribution is 2.38. The van der Waals surface area contributed by atoms with Crippen LogP contribution in [0.1, 0.15) is 12.5 Å². The van der Waals surface area contributed by atoms with Gasteiger partial charge in [-0.2, -0.15) is 0 Å². The van der Waals surface area contributed by atoms with Gasteiger partial charge in [-0.05, 0) is 48.9 Å². The molecule has 1 unspecified atom stereocenters. The molecule has 6 nitrogen and oxygen atoms in total. The third kappa shape index (κ3) is 5.05. The first kappa shape index (κ1) is 19.9. The summed E-state index contributed by atoms with van der Waals surface area (Å²) in [6.45, 7) is 2.01. The number of ether oxygens (including phenoxy) is 4. The first-order valence-corrected chi connectivity index (χ1v) is 8.76. The van der Waals surface area contributed by atoms with E-state index >= 15 is 0 Å². The van der Waals surface area contributed by atoms with Gasteiger partial charge in [-0.3, -0.25) is 4.79 Å². The molecule has 0 saturated carbocycles. The van der Waals surface area contributed by atoms with Crippen LogP contribution < -0.4 is 24.3 Å². The molecule has 2 aromatic rings. The van der Waals surface area contributed by atoms with E-state index in [9.17, 15) is 4.79 Å². The third-order valence-electron chi connectivity index (χ3n) is 3.69. The van der Waals surface area contributed by atoms with Gasteiger partial charge in [0.05, 0.1) is 21.3 Å². The molecule has 0 saturated heterocycles. The van der Waals surface area contributed by atoms with Gasteiger partial charge in [0, 0.05) is 11.0 Å². The third-order valence-corrected chi connectivity index (χ3v) is 4.22. The van der Waals surface area contributed by atoms with Crippen molar-refractivity contribution in [2.24, 2.45) is 0 Å². The highest BCUT2D eigenvalue weighted by atomic mass is 79.9. The van der Waals surface area contributed by atoms with Crippen LogP contribution in [-0.4, -0.2) is 33.3 Å². The van der Waals surface area contributed by atoms with Crippen molar-refractivity contribution < 1.29 is 23.7 Å². The van der Waals surface area contributed by atoms with E-state index in [2.05, 4.69) is 21.2 Å². The number of methoxy groups -OCH3 is 3. The predicted octanol–water partition coefficient (Wildman–Crippen LogP) is 3.56. The molecule has 140 valence electrons.